The van der Waals surface area contributed by atoms with Crippen LogP contribution in [0, 0.1) is 0 Å². The Bertz CT molecular complexity index is 883. The predicted molar refractivity (Wildman–Crippen MR) is 80.9 cm³/mol. The van der Waals surface area contributed by atoms with Gasteiger partial charge in [0, 0.05) is 10.6 Å². The molecule has 0 unspecified atom stereocenters. The van der Waals surface area contributed by atoms with Crippen molar-refractivity contribution in [2.75, 3.05) is 0 Å². The quantitative estimate of drug-likeness (QED) is 0.789. The van der Waals surface area contributed by atoms with E-state index in [1.54, 1.807) is 36.4 Å². The summed E-state index contributed by atoms with van der Waals surface area (Å²) in [6.45, 7) is 0. The van der Waals surface area contributed by atoms with Crippen LogP contribution < -0.4 is 11.4 Å². The summed E-state index contributed by atoms with van der Waals surface area (Å²) in [4.78, 5) is 29.8. The first-order chi connectivity index (χ1) is 10.1. The third-order valence-electron chi connectivity index (χ3n) is 2.95. The third-order valence-corrected chi connectivity index (χ3v) is 3.20. The van der Waals surface area contributed by atoms with Gasteiger partial charge in [-0.3, -0.25) is 4.98 Å². The van der Waals surface area contributed by atoms with Crippen LogP contribution >= 0.6 is 11.6 Å². The summed E-state index contributed by atoms with van der Waals surface area (Å²) in [6.07, 6.45) is 0. The lowest BCUT2D eigenvalue weighted by Crippen LogP contribution is -2.32. The number of nitrogens with one attached hydrogen (secondary N) is 1. The number of benzene rings is 2. The van der Waals surface area contributed by atoms with Crippen LogP contribution in [0.25, 0.3) is 17.1 Å². The number of nitrogens with zero attached hydrogens (tertiary/aromatic N) is 2. The molecule has 0 aliphatic rings. The second kappa shape index (κ2) is 5.38. The van der Waals surface area contributed by atoms with Crippen molar-refractivity contribution in [2.24, 2.45) is 0 Å². The number of halogens is 1. The topological polar surface area (TPSA) is 67.8 Å². The minimum atomic E-state index is -0.677. The van der Waals surface area contributed by atoms with E-state index < -0.39 is 11.4 Å². The maximum atomic E-state index is 12.2. The van der Waals surface area contributed by atoms with Crippen LogP contribution in [-0.4, -0.2) is 14.5 Å². The fraction of sp³-hybridized carbons (Fsp3) is 0. The van der Waals surface area contributed by atoms with Crippen LogP contribution in [0.15, 0.2) is 64.2 Å². The van der Waals surface area contributed by atoms with E-state index in [-0.39, 0.29) is 5.82 Å². The zero-order valence-electron chi connectivity index (χ0n) is 10.8. The minimum Gasteiger partial charge on any atom is -0.257 e. The van der Waals surface area contributed by atoms with Crippen LogP contribution in [0.4, 0.5) is 0 Å². The molecule has 3 rings (SSSR count). The molecular weight excluding hydrogens is 290 g/mol. The maximum absolute atomic E-state index is 12.2. The average Bonchev–Trinajstić information content (AvgIpc) is 2.49. The smallest absolute Gasteiger partial charge is 0.257 e. The SMILES string of the molecule is O=c1nc(-c2ccccc2)n(-c2ccc(Cl)cc2)c(=O)[nH]1. The first-order valence-electron chi connectivity index (χ1n) is 6.20. The Balaban J connectivity index is 2.32. The molecule has 0 bridgehead atoms. The normalized spacial score (nSPS) is 10.5. The Morgan fingerprint density at radius 2 is 1.62 bits per heavy atom. The summed E-state index contributed by atoms with van der Waals surface area (Å²) >= 11 is 5.86. The second-order valence-electron chi connectivity index (χ2n) is 4.35. The molecule has 2 aromatic carbocycles. The molecule has 0 amide bonds. The van der Waals surface area contributed by atoms with Gasteiger partial charge in [0.1, 0.15) is 0 Å². The van der Waals surface area contributed by atoms with Crippen LogP contribution in [0.1, 0.15) is 0 Å². The van der Waals surface area contributed by atoms with E-state index in [0.29, 0.717) is 16.3 Å². The van der Waals surface area contributed by atoms with Gasteiger partial charge < -0.3 is 0 Å². The van der Waals surface area contributed by atoms with Gasteiger partial charge in [-0.05, 0) is 24.3 Å². The number of aromatic nitrogens is 3. The first-order valence-corrected chi connectivity index (χ1v) is 6.58. The highest BCUT2D eigenvalue weighted by molar-refractivity contribution is 6.30. The molecule has 0 radical (unpaired) electrons. The van der Waals surface area contributed by atoms with Gasteiger partial charge in [0.15, 0.2) is 5.82 Å². The van der Waals surface area contributed by atoms with E-state index in [2.05, 4.69) is 9.97 Å². The molecule has 21 heavy (non-hydrogen) atoms. The number of rotatable bonds is 2. The number of hydrogen-bond donors (Lipinski definition) is 1. The maximum Gasteiger partial charge on any atom is 0.351 e. The highest BCUT2D eigenvalue weighted by Gasteiger charge is 2.11. The van der Waals surface area contributed by atoms with Crippen LogP contribution in [0.3, 0.4) is 0 Å². The third kappa shape index (κ3) is 2.64. The lowest BCUT2D eigenvalue weighted by molar-refractivity contribution is 0.841. The minimum absolute atomic E-state index is 0.284. The molecule has 0 saturated heterocycles. The molecule has 0 atom stereocenters. The Morgan fingerprint density at radius 3 is 2.29 bits per heavy atom. The summed E-state index contributed by atoms with van der Waals surface area (Å²) in [5.74, 6) is 0.284. The first kappa shape index (κ1) is 13.3. The highest BCUT2D eigenvalue weighted by Crippen LogP contribution is 2.18. The molecule has 6 heteroatoms. The fourth-order valence-electron chi connectivity index (χ4n) is 2.03. The Kier molecular flexibility index (Phi) is 3.41. The lowest BCUT2D eigenvalue weighted by Gasteiger charge is -2.10. The monoisotopic (exact) mass is 299 g/mol. The van der Waals surface area contributed by atoms with Gasteiger partial charge in [-0.15, -0.1) is 0 Å². The van der Waals surface area contributed by atoms with E-state index in [0.717, 1.165) is 0 Å². The van der Waals surface area contributed by atoms with Gasteiger partial charge in [-0.1, -0.05) is 41.9 Å². The lowest BCUT2D eigenvalue weighted by atomic mass is 10.2. The molecule has 0 saturated carbocycles. The molecule has 1 heterocycles. The van der Waals surface area contributed by atoms with Gasteiger partial charge in [-0.2, -0.15) is 4.98 Å². The predicted octanol–water partition coefficient (Wildman–Crippen LogP) is 2.24. The van der Waals surface area contributed by atoms with Gasteiger partial charge in [0.25, 0.3) is 0 Å². The largest absolute Gasteiger partial charge is 0.351 e. The number of H-pyrrole nitrogens is 1. The molecule has 0 aliphatic heterocycles. The average molecular weight is 300 g/mol. The fourth-order valence-corrected chi connectivity index (χ4v) is 2.15. The van der Waals surface area contributed by atoms with Gasteiger partial charge in [0.2, 0.25) is 0 Å². The van der Waals surface area contributed by atoms with Crippen molar-refractivity contribution < 1.29 is 0 Å². The van der Waals surface area contributed by atoms with E-state index in [1.807, 2.05) is 18.2 Å². The van der Waals surface area contributed by atoms with E-state index in [9.17, 15) is 9.59 Å². The Morgan fingerprint density at radius 1 is 0.952 bits per heavy atom. The molecule has 3 aromatic rings. The van der Waals surface area contributed by atoms with Crippen molar-refractivity contribution in [2.45, 2.75) is 0 Å². The van der Waals surface area contributed by atoms with Crippen LogP contribution in [0.2, 0.25) is 5.02 Å². The molecule has 0 spiro atoms. The van der Waals surface area contributed by atoms with Crippen molar-refractivity contribution >= 4 is 11.6 Å². The summed E-state index contributed by atoms with van der Waals surface area (Å²) < 4.78 is 1.34. The summed E-state index contributed by atoms with van der Waals surface area (Å²) in [5, 5.41) is 0.561. The van der Waals surface area contributed by atoms with Crippen molar-refractivity contribution in [3.05, 3.63) is 80.6 Å². The van der Waals surface area contributed by atoms with E-state index in [4.69, 9.17) is 11.6 Å². The van der Waals surface area contributed by atoms with E-state index in [1.165, 1.54) is 4.57 Å². The summed E-state index contributed by atoms with van der Waals surface area (Å²) in [5.41, 5.74) is 0.0305. The summed E-state index contributed by atoms with van der Waals surface area (Å²) in [6, 6.07) is 15.8. The van der Waals surface area contributed by atoms with Crippen LogP contribution in [0.5, 0.6) is 0 Å². The van der Waals surface area contributed by atoms with Crippen molar-refractivity contribution in [1.29, 1.82) is 0 Å². The number of aromatic amines is 1. The standard InChI is InChI=1S/C15H10ClN3O2/c16-11-6-8-12(9-7-11)19-13(10-4-2-1-3-5-10)17-14(20)18-15(19)21/h1-9H,(H,18,20,21). The molecule has 5 nitrogen and oxygen atoms in total. The summed E-state index contributed by atoms with van der Waals surface area (Å²) in [7, 11) is 0. The molecule has 0 fully saturated rings. The van der Waals surface area contributed by atoms with Crippen LogP contribution in [-0.2, 0) is 0 Å². The van der Waals surface area contributed by atoms with E-state index >= 15 is 0 Å². The van der Waals surface area contributed by atoms with Gasteiger partial charge >= 0.3 is 11.4 Å². The Labute approximate surface area is 124 Å². The second-order valence-corrected chi connectivity index (χ2v) is 4.79. The van der Waals surface area contributed by atoms with Gasteiger partial charge in [-0.25, -0.2) is 14.2 Å². The van der Waals surface area contributed by atoms with Crippen molar-refractivity contribution in [3.63, 3.8) is 0 Å². The molecular formula is C15H10ClN3O2. The molecule has 1 aromatic heterocycles. The highest BCUT2D eigenvalue weighted by atomic mass is 35.5. The molecule has 0 aliphatic carbocycles. The zero-order chi connectivity index (χ0) is 14.8. The zero-order valence-corrected chi connectivity index (χ0v) is 11.5. The Hall–Kier alpha value is -2.66. The van der Waals surface area contributed by atoms with Crippen molar-refractivity contribution in [3.8, 4) is 17.1 Å². The van der Waals surface area contributed by atoms with Crippen molar-refractivity contribution in [1.82, 2.24) is 14.5 Å². The number of hydrogen-bond acceptors (Lipinski definition) is 3. The molecule has 104 valence electrons. The molecule has 1 N–H and O–H groups in total. The van der Waals surface area contributed by atoms with Gasteiger partial charge in [0.05, 0.1) is 5.69 Å².